The Hall–Kier alpha value is -1.36. The zero-order valence-electron chi connectivity index (χ0n) is 15.1. The summed E-state index contributed by atoms with van der Waals surface area (Å²) in [4.78, 5) is 8.13. The second kappa shape index (κ2) is 12.2. The first kappa shape index (κ1) is 23.7. The Morgan fingerprint density at radius 3 is 2.52 bits per heavy atom. The van der Waals surface area contributed by atoms with Gasteiger partial charge in [0.25, 0.3) is 0 Å². The predicted octanol–water partition coefficient (Wildman–Crippen LogP) is 4.51. The smallest absolute Gasteiger partial charge is 0.357 e. The van der Waals surface area contributed by atoms with Gasteiger partial charge in [-0.2, -0.15) is 13.2 Å². The third-order valence-corrected chi connectivity index (χ3v) is 4.46. The minimum Gasteiger partial charge on any atom is -0.357 e. The quantitative estimate of drug-likeness (QED) is 0.237. The fourth-order valence-corrected chi connectivity index (χ4v) is 3.11. The lowest BCUT2D eigenvalue weighted by Gasteiger charge is -2.10. The molecule has 0 atom stereocenters. The van der Waals surface area contributed by atoms with Crippen molar-refractivity contribution in [2.24, 2.45) is 4.99 Å². The molecule has 2 rings (SSSR count). The number of aromatic nitrogens is 1. The van der Waals surface area contributed by atoms with E-state index in [1.807, 2.05) is 25.1 Å². The fourth-order valence-electron chi connectivity index (χ4n) is 2.30. The maximum absolute atomic E-state index is 12.5. The van der Waals surface area contributed by atoms with Gasteiger partial charge >= 0.3 is 6.18 Å². The standard InChI is InChI=1S/C18H23F3N4S.HI/c1-2-22-17(23-11-6-9-14-7-4-3-5-8-14)24-12-10-16-25-15(13-26-16)18(19,20)21;/h3-5,7-8,13H,2,6,9-12H2,1H3,(H2,22,23,24);1H. The third kappa shape index (κ3) is 8.91. The highest BCUT2D eigenvalue weighted by atomic mass is 127. The van der Waals surface area contributed by atoms with Crippen molar-refractivity contribution in [1.29, 1.82) is 0 Å². The molecule has 0 aliphatic heterocycles. The van der Waals surface area contributed by atoms with Crippen molar-refractivity contribution < 1.29 is 13.2 Å². The zero-order valence-corrected chi connectivity index (χ0v) is 18.2. The molecule has 1 heterocycles. The van der Waals surface area contributed by atoms with Crippen LogP contribution >= 0.6 is 35.3 Å². The van der Waals surface area contributed by atoms with Gasteiger partial charge in [-0.05, 0) is 25.3 Å². The molecule has 27 heavy (non-hydrogen) atoms. The first-order valence-electron chi connectivity index (χ1n) is 8.56. The summed E-state index contributed by atoms with van der Waals surface area (Å²) in [6, 6.07) is 10.2. The van der Waals surface area contributed by atoms with E-state index in [9.17, 15) is 13.2 Å². The number of halogens is 4. The van der Waals surface area contributed by atoms with Gasteiger partial charge in [0.1, 0.15) is 0 Å². The SMILES string of the molecule is CCNC(=NCCCc1ccccc1)NCCc1nc(C(F)(F)F)cs1.I. The minimum atomic E-state index is -4.38. The van der Waals surface area contributed by atoms with Gasteiger partial charge < -0.3 is 10.6 Å². The molecule has 1 aromatic heterocycles. The van der Waals surface area contributed by atoms with Crippen LogP contribution < -0.4 is 10.6 Å². The number of hydrogen-bond acceptors (Lipinski definition) is 3. The molecule has 4 nitrogen and oxygen atoms in total. The fraction of sp³-hybridized carbons (Fsp3) is 0.444. The van der Waals surface area contributed by atoms with Crippen molar-refractivity contribution in [3.63, 3.8) is 0 Å². The average Bonchev–Trinajstić information content (AvgIpc) is 3.09. The molecule has 0 aliphatic carbocycles. The van der Waals surface area contributed by atoms with E-state index in [-0.39, 0.29) is 24.0 Å². The largest absolute Gasteiger partial charge is 0.434 e. The van der Waals surface area contributed by atoms with E-state index < -0.39 is 11.9 Å². The predicted molar refractivity (Wildman–Crippen MR) is 115 cm³/mol. The molecule has 0 saturated carbocycles. The molecule has 2 aromatic rings. The summed E-state index contributed by atoms with van der Waals surface area (Å²) < 4.78 is 37.6. The Labute approximate surface area is 178 Å². The lowest BCUT2D eigenvalue weighted by atomic mass is 10.1. The van der Waals surface area contributed by atoms with E-state index >= 15 is 0 Å². The van der Waals surface area contributed by atoms with Crippen molar-refractivity contribution in [1.82, 2.24) is 15.6 Å². The number of nitrogens with zero attached hydrogens (tertiary/aromatic N) is 2. The Morgan fingerprint density at radius 1 is 1.15 bits per heavy atom. The van der Waals surface area contributed by atoms with E-state index in [0.29, 0.717) is 30.5 Å². The lowest BCUT2D eigenvalue weighted by Crippen LogP contribution is -2.38. The van der Waals surface area contributed by atoms with Crippen LogP contribution in [0.4, 0.5) is 13.2 Å². The first-order chi connectivity index (χ1) is 12.5. The summed E-state index contributed by atoms with van der Waals surface area (Å²) in [6.07, 6.45) is -2.06. The Bertz CT molecular complexity index is 689. The van der Waals surface area contributed by atoms with Gasteiger partial charge in [0.2, 0.25) is 0 Å². The lowest BCUT2D eigenvalue weighted by molar-refractivity contribution is -0.140. The number of benzene rings is 1. The highest BCUT2D eigenvalue weighted by Gasteiger charge is 2.33. The van der Waals surface area contributed by atoms with Crippen LogP contribution in [0.25, 0.3) is 0 Å². The number of nitrogens with one attached hydrogen (secondary N) is 2. The van der Waals surface area contributed by atoms with Crippen LogP contribution in [0.5, 0.6) is 0 Å². The Kier molecular flexibility index (Phi) is 10.7. The highest BCUT2D eigenvalue weighted by Crippen LogP contribution is 2.29. The highest BCUT2D eigenvalue weighted by molar-refractivity contribution is 14.0. The van der Waals surface area contributed by atoms with Crippen LogP contribution in [0.3, 0.4) is 0 Å². The number of aliphatic imine (C=N–C) groups is 1. The minimum absolute atomic E-state index is 0. The van der Waals surface area contributed by atoms with Gasteiger partial charge in [-0.25, -0.2) is 4.98 Å². The van der Waals surface area contributed by atoms with Crippen molar-refractivity contribution in [3.8, 4) is 0 Å². The van der Waals surface area contributed by atoms with Crippen LogP contribution in [0, 0.1) is 0 Å². The van der Waals surface area contributed by atoms with Crippen molar-refractivity contribution >= 4 is 41.3 Å². The summed E-state index contributed by atoms with van der Waals surface area (Å²) in [5.74, 6) is 0.674. The summed E-state index contributed by atoms with van der Waals surface area (Å²) in [7, 11) is 0. The number of guanidine groups is 1. The normalized spacial score (nSPS) is 11.8. The molecule has 0 bridgehead atoms. The summed E-state index contributed by atoms with van der Waals surface area (Å²) in [5.41, 5.74) is 0.462. The van der Waals surface area contributed by atoms with E-state index in [2.05, 4.69) is 32.7 Å². The van der Waals surface area contributed by atoms with Crippen molar-refractivity contribution in [2.75, 3.05) is 19.6 Å². The summed E-state index contributed by atoms with van der Waals surface area (Å²) in [5, 5.41) is 7.80. The zero-order chi connectivity index (χ0) is 18.8. The molecule has 150 valence electrons. The van der Waals surface area contributed by atoms with Gasteiger partial charge in [0, 0.05) is 31.4 Å². The average molecular weight is 512 g/mol. The second-order valence-corrected chi connectivity index (χ2v) is 6.59. The molecule has 0 unspecified atom stereocenters. The summed E-state index contributed by atoms with van der Waals surface area (Å²) >= 11 is 1.03. The molecule has 1 aromatic carbocycles. The van der Waals surface area contributed by atoms with Crippen LogP contribution in [0.1, 0.15) is 29.6 Å². The Morgan fingerprint density at radius 2 is 1.89 bits per heavy atom. The molecule has 2 N–H and O–H groups in total. The first-order valence-corrected chi connectivity index (χ1v) is 9.44. The van der Waals surface area contributed by atoms with E-state index in [0.717, 1.165) is 36.1 Å². The molecule has 0 radical (unpaired) electrons. The number of hydrogen-bond donors (Lipinski definition) is 2. The topological polar surface area (TPSA) is 49.3 Å². The van der Waals surface area contributed by atoms with Crippen LogP contribution in [0.15, 0.2) is 40.7 Å². The van der Waals surface area contributed by atoms with Crippen molar-refractivity contribution in [2.45, 2.75) is 32.4 Å². The van der Waals surface area contributed by atoms with Gasteiger partial charge in [0.15, 0.2) is 11.7 Å². The Balaban J connectivity index is 0.00000364. The van der Waals surface area contributed by atoms with E-state index in [4.69, 9.17) is 0 Å². The van der Waals surface area contributed by atoms with Crippen LogP contribution in [-0.2, 0) is 19.0 Å². The van der Waals surface area contributed by atoms with Crippen LogP contribution in [-0.4, -0.2) is 30.6 Å². The molecular weight excluding hydrogens is 488 g/mol. The van der Waals surface area contributed by atoms with E-state index in [1.54, 1.807) is 0 Å². The van der Waals surface area contributed by atoms with Crippen molar-refractivity contribution in [3.05, 3.63) is 52.0 Å². The van der Waals surface area contributed by atoms with Gasteiger partial charge in [-0.1, -0.05) is 30.3 Å². The maximum Gasteiger partial charge on any atom is 0.434 e. The molecule has 9 heteroatoms. The van der Waals surface area contributed by atoms with Gasteiger partial charge in [-0.15, -0.1) is 35.3 Å². The molecule has 0 fully saturated rings. The summed E-state index contributed by atoms with van der Waals surface area (Å²) in [6.45, 7) is 3.85. The number of thiazole rings is 1. The number of alkyl halides is 3. The molecule has 0 amide bonds. The second-order valence-electron chi connectivity index (χ2n) is 5.65. The molecule has 0 aliphatic rings. The molecule has 0 saturated heterocycles. The maximum atomic E-state index is 12.5. The number of rotatable bonds is 8. The van der Waals surface area contributed by atoms with E-state index in [1.165, 1.54) is 5.56 Å². The third-order valence-electron chi connectivity index (χ3n) is 3.55. The molecule has 0 spiro atoms. The van der Waals surface area contributed by atoms with Crippen LogP contribution in [0.2, 0.25) is 0 Å². The van der Waals surface area contributed by atoms with Gasteiger partial charge in [-0.3, -0.25) is 4.99 Å². The number of aryl methyl sites for hydroxylation is 1. The molecular formula is C18H24F3IN4S. The monoisotopic (exact) mass is 512 g/mol. The van der Waals surface area contributed by atoms with Gasteiger partial charge in [0.05, 0.1) is 5.01 Å².